The molecule has 0 radical (unpaired) electrons. The van der Waals surface area contributed by atoms with E-state index in [0.29, 0.717) is 25.3 Å². The zero-order valence-electron chi connectivity index (χ0n) is 13.8. The van der Waals surface area contributed by atoms with Crippen molar-refractivity contribution < 1.29 is 9.84 Å². The van der Waals surface area contributed by atoms with Crippen LogP contribution in [0.3, 0.4) is 0 Å². The highest BCUT2D eigenvalue weighted by atomic mass is 16.5. The van der Waals surface area contributed by atoms with Crippen LogP contribution in [0.4, 0.5) is 0 Å². The van der Waals surface area contributed by atoms with E-state index in [1.807, 2.05) is 42.2 Å². The first-order chi connectivity index (χ1) is 11.1. The van der Waals surface area contributed by atoms with Crippen LogP contribution in [0.5, 0.6) is 0 Å². The summed E-state index contributed by atoms with van der Waals surface area (Å²) in [6, 6.07) is 11.9. The fourth-order valence-corrected chi connectivity index (χ4v) is 3.41. The van der Waals surface area contributed by atoms with Crippen molar-refractivity contribution in [3.05, 3.63) is 48.2 Å². The first-order valence-electron chi connectivity index (χ1n) is 8.29. The largest absolute Gasteiger partial charge is 0.843 e. The van der Waals surface area contributed by atoms with E-state index in [-0.39, 0.29) is 12.6 Å². The predicted molar refractivity (Wildman–Crippen MR) is 88.2 cm³/mol. The van der Waals surface area contributed by atoms with Crippen molar-refractivity contribution in [1.82, 2.24) is 4.90 Å². The smallest absolute Gasteiger partial charge is 0.0871 e. The second-order valence-electron chi connectivity index (χ2n) is 6.06. The summed E-state index contributed by atoms with van der Waals surface area (Å²) in [5, 5.41) is 22.7. The van der Waals surface area contributed by atoms with Gasteiger partial charge in [-0.05, 0) is 24.5 Å². The van der Waals surface area contributed by atoms with Crippen molar-refractivity contribution in [2.45, 2.75) is 50.8 Å². The molecule has 1 fully saturated rings. The number of ether oxygens (including phenoxy) is 1. The molecule has 0 aliphatic heterocycles. The van der Waals surface area contributed by atoms with Crippen LogP contribution < -0.4 is 5.11 Å². The number of nitriles is 1. The molecule has 0 N–H and O–H groups in total. The minimum atomic E-state index is -1.33. The first-order valence-corrected chi connectivity index (χ1v) is 8.29. The maximum atomic E-state index is 13.5. The quantitative estimate of drug-likeness (QED) is 0.573. The molecule has 2 rings (SSSR count). The van der Waals surface area contributed by atoms with E-state index >= 15 is 0 Å². The van der Waals surface area contributed by atoms with Gasteiger partial charge in [-0.25, -0.2) is 0 Å². The number of hydrogen-bond donors (Lipinski definition) is 0. The molecule has 0 spiro atoms. The van der Waals surface area contributed by atoms with Crippen LogP contribution in [0.15, 0.2) is 42.7 Å². The molecule has 0 bridgehead atoms. The van der Waals surface area contributed by atoms with Crippen molar-refractivity contribution in [3.63, 3.8) is 0 Å². The predicted octanol–water partition coefficient (Wildman–Crippen LogP) is 2.60. The third-order valence-electron chi connectivity index (χ3n) is 4.55. The van der Waals surface area contributed by atoms with Gasteiger partial charge in [-0.15, -0.1) is 0 Å². The summed E-state index contributed by atoms with van der Waals surface area (Å²) < 4.78 is 5.48. The number of benzene rings is 1. The zero-order valence-corrected chi connectivity index (χ0v) is 13.8. The van der Waals surface area contributed by atoms with Crippen LogP contribution in [0, 0.1) is 11.3 Å². The van der Waals surface area contributed by atoms with Crippen molar-refractivity contribution in [2.24, 2.45) is 0 Å². The first kappa shape index (κ1) is 17.5. The lowest BCUT2D eigenvalue weighted by Crippen LogP contribution is -2.63. The summed E-state index contributed by atoms with van der Waals surface area (Å²) >= 11 is 0. The van der Waals surface area contributed by atoms with Gasteiger partial charge in [-0.3, -0.25) is 4.90 Å². The standard InChI is InChI=1S/C19H25N2O2/c1-3-23-16(2)19(22)12-8-7-11-18(19)21(14-13-20)15-17-9-5-4-6-10-17/h4-6,9-10,18H,2-3,7-8,11-12,14-15H2,1H3/q-1/t18-,19+/m1/s1. The maximum Gasteiger partial charge on any atom is 0.0871 e. The van der Waals surface area contributed by atoms with Gasteiger partial charge in [0.1, 0.15) is 0 Å². The SMILES string of the molecule is C=C(OCC)[C@@]1([O-])CCCC[C@H]1N(CC#N)Cc1ccccc1. The number of rotatable bonds is 7. The van der Waals surface area contributed by atoms with Crippen LogP contribution in [0.2, 0.25) is 0 Å². The Hall–Kier alpha value is -1.83. The van der Waals surface area contributed by atoms with E-state index in [2.05, 4.69) is 12.6 Å². The lowest BCUT2D eigenvalue weighted by Gasteiger charge is -2.54. The second-order valence-corrected chi connectivity index (χ2v) is 6.06. The molecule has 1 aliphatic carbocycles. The number of hydrogen-bond acceptors (Lipinski definition) is 4. The Morgan fingerprint density at radius 2 is 2.17 bits per heavy atom. The minimum Gasteiger partial charge on any atom is -0.843 e. The molecule has 1 aliphatic rings. The Morgan fingerprint density at radius 3 is 2.83 bits per heavy atom. The van der Waals surface area contributed by atoms with Crippen molar-refractivity contribution >= 4 is 0 Å². The molecule has 1 saturated carbocycles. The van der Waals surface area contributed by atoms with E-state index in [4.69, 9.17) is 4.74 Å². The van der Waals surface area contributed by atoms with Crippen LogP contribution in [0.25, 0.3) is 0 Å². The molecule has 0 saturated heterocycles. The minimum absolute atomic E-state index is 0.239. The second kappa shape index (κ2) is 8.14. The van der Waals surface area contributed by atoms with Crippen LogP contribution >= 0.6 is 0 Å². The molecule has 0 aromatic heterocycles. The Balaban J connectivity index is 2.24. The highest BCUT2D eigenvalue weighted by Crippen LogP contribution is 2.35. The molecule has 0 amide bonds. The molecule has 0 unspecified atom stereocenters. The van der Waals surface area contributed by atoms with Gasteiger partial charge in [0.15, 0.2) is 0 Å². The van der Waals surface area contributed by atoms with Gasteiger partial charge in [0.25, 0.3) is 0 Å². The highest BCUT2D eigenvalue weighted by Gasteiger charge is 2.37. The van der Waals surface area contributed by atoms with Gasteiger partial charge >= 0.3 is 0 Å². The fourth-order valence-electron chi connectivity index (χ4n) is 3.41. The Kier molecular flexibility index (Phi) is 6.20. The molecular weight excluding hydrogens is 288 g/mol. The average Bonchev–Trinajstić information content (AvgIpc) is 2.56. The Labute approximate surface area is 139 Å². The van der Waals surface area contributed by atoms with Gasteiger partial charge in [0.05, 0.1) is 25.0 Å². The lowest BCUT2D eigenvalue weighted by molar-refractivity contribution is -0.489. The fraction of sp³-hybridized carbons (Fsp3) is 0.526. The van der Waals surface area contributed by atoms with E-state index in [0.717, 1.165) is 24.8 Å². The zero-order chi connectivity index (χ0) is 16.7. The molecule has 0 heterocycles. The third-order valence-corrected chi connectivity index (χ3v) is 4.55. The summed E-state index contributed by atoms with van der Waals surface area (Å²) in [7, 11) is 0. The normalized spacial score (nSPS) is 24.2. The van der Waals surface area contributed by atoms with Gasteiger partial charge in [-0.1, -0.05) is 56.2 Å². The molecule has 1 aromatic carbocycles. The summed E-state index contributed by atoms with van der Waals surface area (Å²) in [5.74, 6) is 0.320. The monoisotopic (exact) mass is 313 g/mol. The van der Waals surface area contributed by atoms with Gasteiger partial charge in [0, 0.05) is 12.6 Å². The van der Waals surface area contributed by atoms with Gasteiger partial charge < -0.3 is 9.84 Å². The van der Waals surface area contributed by atoms with Crippen molar-refractivity contribution in [3.8, 4) is 6.07 Å². The average molecular weight is 313 g/mol. The van der Waals surface area contributed by atoms with Crippen molar-refractivity contribution in [1.29, 1.82) is 5.26 Å². The maximum absolute atomic E-state index is 13.5. The van der Waals surface area contributed by atoms with Gasteiger partial charge in [-0.2, -0.15) is 5.26 Å². The van der Waals surface area contributed by atoms with Crippen LogP contribution in [-0.4, -0.2) is 29.7 Å². The molecule has 23 heavy (non-hydrogen) atoms. The Bertz CT molecular complexity index is 552. The topological polar surface area (TPSA) is 59.3 Å². The molecular formula is C19H25N2O2-. The highest BCUT2D eigenvalue weighted by molar-refractivity contribution is 5.17. The lowest BCUT2D eigenvalue weighted by atomic mass is 9.78. The third kappa shape index (κ3) is 4.13. The summed E-state index contributed by atoms with van der Waals surface area (Å²) in [6.45, 7) is 7.05. The molecule has 4 heteroatoms. The molecule has 2 atom stereocenters. The Morgan fingerprint density at radius 1 is 1.43 bits per heavy atom. The number of nitrogens with zero attached hydrogens (tertiary/aromatic N) is 2. The molecule has 1 aromatic rings. The summed E-state index contributed by atoms with van der Waals surface area (Å²) in [4.78, 5) is 1.99. The molecule has 124 valence electrons. The summed E-state index contributed by atoms with van der Waals surface area (Å²) in [6.07, 6.45) is 3.19. The van der Waals surface area contributed by atoms with E-state index < -0.39 is 5.60 Å². The van der Waals surface area contributed by atoms with E-state index in [1.165, 1.54) is 0 Å². The van der Waals surface area contributed by atoms with Gasteiger partial charge in [0.2, 0.25) is 0 Å². The van der Waals surface area contributed by atoms with Crippen LogP contribution in [0.1, 0.15) is 38.2 Å². The van der Waals surface area contributed by atoms with Crippen LogP contribution in [-0.2, 0) is 11.3 Å². The summed E-state index contributed by atoms with van der Waals surface area (Å²) in [5.41, 5.74) is -0.224. The van der Waals surface area contributed by atoms with Crippen molar-refractivity contribution in [2.75, 3.05) is 13.2 Å². The molecule has 4 nitrogen and oxygen atoms in total. The van der Waals surface area contributed by atoms with E-state index in [1.54, 1.807) is 0 Å². The van der Waals surface area contributed by atoms with E-state index in [9.17, 15) is 10.4 Å².